The lowest BCUT2D eigenvalue weighted by atomic mass is 9.78. The molecule has 3 N–H and O–H groups in total. The van der Waals surface area contributed by atoms with E-state index < -0.39 is 5.97 Å². The fourth-order valence-electron chi connectivity index (χ4n) is 2.91. The number of ether oxygens (including phenoxy) is 1. The fourth-order valence-corrected chi connectivity index (χ4v) is 2.91. The minimum Gasteiger partial charge on any atom is -0.462 e. The van der Waals surface area contributed by atoms with E-state index in [1.807, 2.05) is 0 Å². The summed E-state index contributed by atoms with van der Waals surface area (Å²) in [4.78, 5) is 16.2. The smallest absolute Gasteiger partial charge is 0.340 e. The number of nitrogen functional groups attached to an aromatic ring is 1. The Morgan fingerprint density at radius 1 is 1.48 bits per heavy atom. The molecule has 0 aliphatic heterocycles. The van der Waals surface area contributed by atoms with Crippen molar-refractivity contribution < 1.29 is 9.53 Å². The summed E-state index contributed by atoms with van der Waals surface area (Å²) in [5, 5.41) is 3.45. The molecule has 1 heterocycles. The molecule has 1 aliphatic rings. The molecule has 0 bridgehead atoms. The van der Waals surface area contributed by atoms with Crippen LogP contribution in [0.4, 0.5) is 11.5 Å². The van der Waals surface area contributed by atoms with Crippen molar-refractivity contribution in [1.29, 1.82) is 0 Å². The standard InChI is InChI=1S/C16H25N3O2/c1-4-21-16(20)12-8-15(18-9-13(12)17)19-14-7-5-6-10(2)11(14)3/h8-11,14H,4-7,17H2,1-3H3,(H,18,19). The van der Waals surface area contributed by atoms with Crippen molar-refractivity contribution in [3.63, 3.8) is 0 Å². The summed E-state index contributed by atoms with van der Waals surface area (Å²) in [5.74, 6) is 1.59. The highest BCUT2D eigenvalue weighted by atomic mass is 16.5. The van der Waals surface area contributed by atoms with Crippen LogP contribution in [0, 0.1) is 11.8 Å². The highest BCUT2D eigenvalue weighted by Gasteiger charge is 2.27. The second-order valence-electron chi connectivity index (χ2n) is 5.90. The maximum atomic E-state index is 11.9. The number of carbonyl (C=O) groups is 1. The van der Waals surface area contributed by atoms with Gasteiger partial charge in [0.25, 0.3) is 0 Å². The van der Waals surface area contributed by atoms with E-state index in [0.717, 1.165) is 6.42 Å². The Labute approximate surface area is 126 Å². The van der Waals surface area contributed by atoms with Gasteiger partial charge in [-0.3, -0.25) is 0 Å². The molecule has 0 saturated heterocycles. The van der Waals surface area contributed by atoms with E-state index in [1.54, 1.807) is 13.0 Å². The molecule has 5 heteroatoms. The SMILES string of the molecule is CCOC(=O)c1cc(NC2CCCC(C)C2C)ncc1N. The average Bonchev–Trinajstić information content (AvgIpc) is 2.46. The molecule has 0 spiro atoms. The van der Waals surface area contributed by atoms with Gasteiger partial charge in [-0.1, -0.05) is 26.7 Å². The van der Waals surface area contributed by atoms with E-state index in [-0.39, 0.29) is 0 Å². The molecule has 0 amide bonds. The molecule has 0 aromatic carbocycles. The van der Waals surface area contributed by atoms with Crippen molar-refractivity contribution in [3.8, 4) is 0 Å². The minimum absolute atomic E-state index is 0.334. The summed E-state index contributed by atoms with van der Waals surface area (Å²) >= 11 is 0. The maximum Gasteiger partial charge on any atom is 0.340 e. The molecular formula is C16H25N3O2. The van der Waals surface area contributed by atoms with Crippen molar-refractivity contribution in [3.05, 3.63) is 17.8 Å². The Hall–Kier alpha value is -1.78. The maximum absolute atomic E-state index is 11.9. The molecule has 3 atom stereocenters. The van der Waals surface area contributed by atoms with Gasteiger partial charge in [-0.25, -0.2) is 9.78 Å². The molecule has 116 valence electrons. The van der Waals surface area contributed by atoms with Crippen LogP contribution in [0.2, 0.25) is 0 Å². The van der Waals surface area contributed by atoms with Gasteiger partial charge in [0.15, 0.2) is 0 Å². The monoisotopic (exact) mass is 291 g/mol. The van der Waals surface area contributed by atoms with Gasteiger partial charge < -0.3 is 15.8 Å². The highest BCUT2D eigenvalue weighted by molar-refractivity contribution is 5.95. The van der Waals surface area contributed by atoms with Crippen molar-refractivity contribution >= 4 is 17.5 Å². The topological polar surface area (TPSA) is 77.2 Å². The molecule has 21 heavy (non-hydrogen) atoms. The zero-order valence-electron chi connectivity index (χ0n) is 13.1. The van der Waals surface area contributed by atoms with Crippen molar-refractivity contribution in [2.24, 2.45) is 11.8 Å². The lowest BCUT2D eigenvalue weighted by Gasteiger charge is -2.35. The first-order chi connectivity index (χ1) is 10.0. The molecule has 1 aromatic rings. The van der Waals surface area contributed by atoms with Gasteiger partial charge in [-0.2, -0.15) is 0 Å². The number of hydrogen-bond donors (Lipinski definition) is 2. The van der Waals surface area contributed by atoms with E-state index in [2.05, 4.69) is 24.1 Å². The first kappa shape index (κ1) is 15.6. The first-order valence-corrected chi connectivity index (χ1v) is 7.72. The molecule has 1 fully saturated rings. The molecular weight excluding hydrogens is 266 g/mol. The van der Waals surface area contributed by atoms with Crippen LogP contribution in [0.25, 0.3) is 0 Å². The van der Waals surface area contributed by atoms with Gasteiger partial charge >= 0.3 is 5.97 Å². The number of carbonyl (C=O) groups excluding carboxylic acids is 1. The number of pyridine rings is 1. The van der Waals surface area contributed by atoms with E-state index in [4.69, 9.17) is 10.5 Å². The molecule has 1 aliphatic carbocycles. The van der Waals surface area contributed by atoms with Crippen LogP contribution in [0.5, 0.6) is 0 Å². The number of hydrogen-bond acceptors (Lipinski definition) is 5. The summed E-state index contributed by atoms with van der Waals surface area (Å²) in [5.41, 5.74) is 6.54. The first-order valence-electron chi connectivity index (χ1n) is 7.72. The number of rotatable bonds is 4. The summed E-state index contributed by atoms with van der Waals surface area (Å²) in [7, 11) is 0. The van der Waals surface area contributed by atoms with Crippen LogP contribution in [0.15, 0.2) is 12.3 Å². The van der Waals surface area contributed by atoms with Crippen molar-refractivity contribution in [1.82, 2.24) is 4.98 Å². The van der Waals surface area contributed by atoms with E-state index in [9.17, 15) is 4.79 Å². The molecule has 1 aromatic heterocycles. The van der Waals surface area contributed by atoms with Crippen LogP contribution < -0.4 is 11.1 Å². The van der Waals surface area contributed by atoms with Gasteiger partial charge in [0.2, 0.25) is 0 Å². The third kappa shape index (κ3) is 3.65. The van der Waals surface area contributed by atoms with Crippen LogP contribution in [-0.4, -0.2) is 23.6 Å². The van der Waals surface area contributed by atoms with Gasteiger partial charge in [0.1, 0.15) is 5.82 Å². The van der Waals surface area contributed by atoms with E-state index >= 15 is 0 Å². The van der Waals surface area contributed by atoms with Crippen molar-refractivity contribution in [2.45, 2.75) is 46.1 Å². The molecule has 0 radical (unpaired) electrons. The molecule has 3 unspecified atom stereocenters. The normalized spacial score (nSPS) is 25.4. The van der Waals surface area contributed by atoms with Gasteiger partial charge in [0, 0.05) is 6.04 Å². The van der Waals surface area contributed by atoms with Gasteiger partial charge in [0.05, 0.1) is 24.1 Å². The third-order valence-electron chi connectivity index (χ3n) is 4.47. The lowest BCUT2D eigenvalue weighted by molar-refractivity contribution is 0.0527. The lowest BCUT2D eigenvalue weighted by Crippen LogP contribution is -2.35. The summed E-state index contributed by atoms with van der Waals surface area (Å²) in [6.45, 7) is 6.67. The zero-order chi connectivity index (χ0) is 15.4. The number of esters is 1. The Morgan fingerprint density at radius 3 is 2.95 bits per heavy atom. The number of nitrogens with one attached hydrogen (secondary N) is 1. The number of aromatic nitrogens is 1. The average molecular weight is 291 g/mol. The van der Waals surface area contributed by atoms with Crippen LogP contribution in [-0.2, 0) is 4.74 Å². The van der Waals surface area contributed by atoms with E-state index in [1.165, 1.54) is 19.0 Å². The summed E-state index contributed by atoms with van der Waals surface area (Å²) in [6.07, 6.45) is 5.16. The number of anilines is 2. The predicted octanol–water partition coefficient (Wildman–Crippen LogP) is 3.08. The highest BCUT2D eigenvalue weighted by Crippen LogP contribution is 2.31. The molecule has 5 nitrogen and oxygen atoms in total. The summed E-state index contributed by atoms with van der Waals surface area (Å²) < 4.78 is 5.02. The Morgan fingerprint density at radius 2 is 2.24 bits per heavy atom. The number of nitrogens with zero attached hydrogens (tertiary/aromatic N) is 1. The van der Waals surface area contributed by atoms with E-state index in [0.29, 0.717) is 41.6 Å². The second-order valence-corrected chi connectivity index (χ2v) is 5.90. The van der Waals surface area contributed by atoms with Crippen LogP contribution >= 0.6 is 0 Å². The Balaban J connectivity index is 2.13. The fraction of sp³-hybridized carbons (Fsp3) is 0.625. The quantitative estimate of drug-likeness (QED) is 0.834. The minimum atomic E-state index is -0.398. The molecule has 1 saturated carbocycles. The Bertz CT molecular complexity index is 504. The predicted molar refractivity (Wildman–Crippen MR) is 84.2 cm³/mol. The largest absolute Gasteiger partial charge is 0.462 e. The zero-order valence-corrected chi connectivity index (χ0v) is 13.1. The van der Waals surface area contributed by atoms with Crippen molar-refractivity contribution in [2.75, 3.05) is 17.7 Å². The molecule has 2 rings (SSSR count). The Kier molecular flexibility index (Phi) is 5.04. The summed E-state index contributed by atoms with van der Waals surface area (Å²) in [6, 6.07) is 2.08. The third-order valence-corrected chi connectivity index (χ3v) is 4.47. The van der Waals surface area contributed by atoms with Gasteiger partial charge in [-0.05, 0) is 31.2 Å². The van der Waals surface area contributed by atoms with Crippen LogP contribution in [0.1, 0.15) is 50.4 Å². The van der Waals surface area contributed by atoms with Crippen LogP contribution in [0.3, 0.4) is 0 Å². The second kappa shape index (κ2) is 6.78. The number of nitrogens with two attached hydrogens (primary N) is 1. The van der Waals surface area contributed by atoms with Gasteiger partial charge in [-0.15, -0.1) is 0 Å².